The zero-order valence-corrected chi connectivity index (χ0v) is 14.0. The van der Waals surface area contributed by atoms with Crippen molar-refractivity contribution in [2.45, 2.75) is 44.6 Å². The van der Waals surface area contributed by atoms with Gasteiger partial charge in [0, 0.05) is 23.7 Å². The standard InChI is InChI=1S/C19H21FN4O/c20-16-11-22-19(23-14-4-2-1-3-5-14)24-17(16)13-6-7-15-12(10-13)8-9-21-18(15)25/h6-7,10-11,14H,1-5,8-9H2,(H,21,25)(H,22,23,24). The van der Waals surface area contributed by atoms with Crippen molar-refractivity contribution >= 4 is 11.9 Å². The molecule has 1 aliphatic heterocycles. The van der Waals surface area contributed by atoms with E-state index < -0.39 is 5.82 Å². The van der Waals surface area contributed by atoms with E-state index in [4.69, 9.17) is 0 Å². The Kier molecular flexibility index (Phi) is 4.34. The molecular weight excluding hydrogens is 319 g/mol. The number of fused-ring (bicyclic) bond motifs is 1. The molecule has 4 rings (SSSR count). The average Bonchev–Trinajstić information content (AvgIpc) is 2.64. The van der Waals surface area contributed by atoms with Crippen molar-refractivity contribution in [3.63, 3.8) is 0 Å². The van der Waals surface area contributed by atoms with E-state index in [0.29, 0.717) is 29.7 Å². The first kappa shape index (κ1) is 16.0. The maximum Gasteiger partial charge on any atom is 0.251 e. The highest BCUT2D eigenvalue weighted by Crippen LogP contribution is 2.26. The fourth-order valence-corrected chi connectivity index (χ4v) is 3.64. The van der Waals surface area contributed by atoms with Gasteiger partial charge in [-0.15, -0.1) is 0 Å². The molecular formula is C19H21FN4O. The molecule has 0 bridgehead atoms. The number of carbonyl (C=O) groups excluding carboxylic acids is 1. The third kappa shape index (κ3) is 3.34. The summed E-state index contributed by atoms with van der Waals surface area (Å²) in [5.41, 5.74) is 2.55. The summed E-state index contributed by atoms with van der Waals surface area (Å²) in [6.07, 6.45) is 7.86. The normalized spacial score (nSPS) is 17.7. The van der Waals surface area contributed by atoms with E-state index >= 15 is 0 Å². The van der Waals surface area contributed by atoms with Crippen LogP contribution in [0.15, 0.2) is 24.4 Å². The molecule has 1 saturated carbocycles. The topological polar surface area (TPSA) is 66.9 Å². The lowest BCUT2D eigenvalue weighted by Gasteiger charge is -2.23. The fourth-order valence-electron chi connectivity index (χ4n) is 3.64. The van der Waals surface area contributed by atoms with Gasteiger partial charge in [0.2, 0.25) is 5.95 Å². The van der Waals surface area contributed by atoms with Gasteiger partial charge in [-0.25, -0.2) is 14.4 Å². The molecule has 0 spiro atoms. The molecule has 1 amide bonds. The van der Waals surface area contributed by atoms with Crippen LogP contribution < -0.4 is 10.6 Å². The predicted octanol–water partition coefficient (Wildman–Crippen LogP) is 3.31. The second-order valence-electron chi connectivity index (χ2n) is 6.75. The van der Waals surface area contributed by atoms with Gasteiger partial charge >= 0.3 is 0 Å². The predicted molar refractivity (Wildman–Crippen MR) is 94.0 cm³/mol. The molecule has 5 nitrogen and oxygen atoms in total. The molecule has 25 heavy (non-hydrogen) atoms. The van der Waals surface area contributed by atoms with Crippen LogP contribution in [0.5, 0.6) is 0 Å². The molecule has 6 heteroatoms. The molecule has 0 saturated heterocycles. The fraction of sp³-hybridized carbons (Fsp3) is 0.421. The van der Waals surface area contributed by atoms with Crippen molar-refractivity contribution in [2.75, 3.05) is 11.9 Å². The molecule has 0 radical (unpaired) electrons. The quantitative estimate of drug-likeness (QED) is 0.899. The highest BCUT2D eigenvalue weighted by molar-refractivity contribution is 5.97. The van der Waals surface area contributed by atoms with Gasteiger partial charge in [0.1, 0.15) is 5.69 Å². The minimum Gasteiger partial charge on any atom is -0.352 e. The van der Waals surface area contributed by atoms with Crippen molar-refractivity contribution in [2.24, 2.45) is 0 Å². The second kappa shape index (κ2) is 6.78. The molecule has 0 atom stereocenters. The third-order valence-corrected chi connectivity index (χ3v) is 4.99. The number of nitrogens with zero attached hydrogens (tertiary/aromatic N) is 2. The Labute approximate surface area is 146 Å². The summed E-state index contributed by atoms with van der Waals surface area (Å²) in [4.78, 5) is 20.4. The first-order valence-corrected chi connectivity index (χ1v) is 8.91. The highest BCUT2D eigenvalue weighted by Gasteiger charge is 2.19. The Morgan fingerprint density at radius 1 is 1.20 bits per heavy atom. The molecule has 2 aliphatic rings. The summed E-state index contributed by atoms with van der Waals surface area (Å²) in [5, 5.41) is 6.15. The molecule has 2 N–H and O–H groups in total. The molecule has 0 unspecified atom stereocenters. The zero-order valence-electron chi connectivity index (χ0n) is 14.0. The minimum absolute atomic E-state index is 0.0735. The largest absolute Gasteiger partial charge is 0.352 e. The van der Waals surface area contributed by atoms with Crippen LogP contribution in [0.3, 0.4) is 0 Å². The van der Waals surface area contributed by atoms with E-state index in [2.05, 4.69) is 20.6 Å². The lowest BCUT2D eigenvalue weighted by molar-refractivity contribution is 0.0946. The second-order valence-corrected chi connectivity index (χ2v) is 6.75. The van der Waals surface area contributed by atoms with Gasteiger partial charge in [0.05, 0.1) is 6.20 Å². The Hall–Kier alpha value is -2.50. The highest BCUT2D eigenvalue weighted by atomic mass is 19.1. The zero-order chi connectivity index (χ0) is 17.2. The van der Waals surface area contributed by atoms with E-state index in [-0.39, 0.29) is 11.6 Å². The van der Waals surface area contributed by atoms with Crippen molar-refractivity contribution in [3.05, 3.63) is 41.3 Å². The first-order valence-electron chi connectivity index (χ1n) is 8.91. The Balaban J connectivity index is 1.63. The maximum absolute atomic E-state index is 14.3. The molecule has 1 aliphatic carbocycles. The number of rotatable bonds is 3. The van der Waals surface area contributed by atoms with Crippen molar-refractivity contribution in [1.82, 2.24) is 15.3 Å². The van der Waals surface area contributed by atoms with Crippen molar-refractivity contribution < 1.29 is 9.18 Å². The Morgan fingerprint density at radius 2 is 2.04 bits per heavy atom. The Morgan fingerprint density at radius 3 is 2.88 bits per heavy atom. The van der Waals surface area contributed by atoms with E-state index in [1.54, 1.807) is 12.1 Å². The molecule has 2 aromatic rings. The number of anilines is 1. The summed E-state index contributed by atoms with van der Waals surface area (Å²) < 4.78 is 14.3. The lowest BCUT2D eigenvalue weighted by atomic mass is 9.95. The number of benzene rings is 1. The van der Waals surface area contributed by atoms with Crippen LogP contribution in [0.1, 0.15) is 48.0 Å². The van der Waals surface area contributed by atoms with Gasteiger partial charge in [-0.3, -0.25) is 4.79 Å². The minimum atomic E-state index is -0.450. The molecule has 2 heterocycles. The molecule has 1 fully saturated rings. The van der Waals surface area contributed by atoms with Crippen LogP contribution in [-0.4, -0.2) is 28.5 Å². The molecule has 1 aromatic carbocycles. The number of aromatic nitrogens is 2. The first-order chi connectivity index (χ1) is 12.2. The monoisotopic (exact) mass is 340 g/mol. The van der Waals surface area contributed by atoms with Crippen LogP contribution in [-0.2, 0) is 6.42 Å². The number of carbonyl (C=O) groups is 1. The van der Waals surface area contributed by atoms with Crippen LogP contribution in [0.25, 0.3) is 11.3 Å². The summed E-state index contributed by atoms with van der Waals surface area (Å²) in [6.45, 7) is 0.607. The van der Waals surface area contributed by atoms with Gasteiger partial charge < -0.3 is 10.6 Å². The van der Waals surface area contributed by atoms with Gasteiger partial charge in [-0.1, -0.05) is 25.3 Å². The van der Waals surface area contributed by atoms with Crippen molar-refractivity contribution in [3.8, 4) is 11.3 Å². The van der Waals surface area contributed by atoms with E-state index in [1.165, 1.54) is 25.5 Å². The van der Waals surface area contributed by atoms with Gasteiger partial charge in [-0.05, 0) is 37.0 Å². The number of amides is 1. The Bertz CT molecular complexity index is 802. The summed E-state index contributed by atoms with van der Waals surface area (Å²) in [7, 11) is 0. The van der Waals surface area contributed by atoms with E-state index in [9.17, 15) is 9.18 Å². The average molecular weight is 340 g/mol. The number of hydrogen-bond donors (Lipinski definition) is 2. The van der Waals surface area contributed by atoms with Gasteiger partial charge in [0.25, 0.3) is 5.91 Å². The molecule has 130 valence electrons. The SMILES string of the molecule is O=C1NCCc2cc(-c3nc(NC4CCCCC4)ncc3F)ccc21. The number of nitrogens with one attached hydrogen (secondary N) is 2. The third-order valence-electron chi connectivity index (χ3n) is 4.99. The lowest BCUT2D eigenvalue weighted by Crippen LogP contribution is -2.31. The van der Waals surface area contributed by atoms with E-state index in [0.717, 1.165) is 24.8 Å². The van der Waals surface area contributed by atoms with Crippen LogP contribution in [0.2, 0.25) is 0 Å². The smallest absolute Gasteiger partial charge is 0.251 e. The van der Waals surface area contributed by atoms with Crippen LogP contribution >= 0.6 is 0 Å². The summed E-state index contributed by atoms with van der Waals surface area (Å²) in [5.74, 6) is -0.0521. The van der Waals surface area contributed by atoms with E-state index in [1.807, 2.05) is 6.07 Å². The van der Waals surface area contributed by atoms with Crippen molar-refractivity contribution in [1.29, 1.82) is 0 Å². The van der Waals surface area contributed by atoms with Gasteiger partial charge in [-0.2, -0.15) is 0 Å². The maximum atomic E-state index is 14.3. The number of halogens is 1. The van der Waals surface area contributed by atoms with Gasteiger partial charge in [0.15, 0.2) is 5.82 Å². The van der Waals surface area contributed by atoms with Crippen LogP contribution in [0, 0.1) is 5.82 Å². The summed E-state index contributed by atoms with van der Waals surface area (Å²) >= 11 is 0. The number of hydrogen-bond acceptors (Lipinski definition) is 4. The molecule has 1 aromatic heterocycles. The van der Waals surface area contributed by atoms with Crippen LogP contribution in [0.4, 0.5) is 10.3 Å². The summed E-state index contributed by atoms with van der Waals surface area (Å²) in [6, 6.07) is 5.72.